The Labute approximate surface area is 99.5 Å². The number of aromatic nitrogens is 1. The molecule has 0 spiro atoms. The molecule has 0 aliphatic heterocycles. The van der Waals surface area contributed by atoms with Crippen LogP contribution < -0.4 is 5.73 Å². The van der Waals surface area contributed by atoms with Gasteiger partial charge in [0.25, 0.3) is 0 Å². The van der Waals surface area contributed by atoms with Crippen LogP contribution in [0.15, 0.2) is 12.3 Å². The minimum absolute atomic E-state index is 0.259. The van der Waals surface area contributed by atoms with Crippen LogP contribution in [0.2, 0.25) is 0 Å². The van der Waals surface area contributed by atoms with Crippen LogP contribution in [-0.2, 0) is 0 Å². The predicted molar refractivity (Wildman–Crippen MR) is 68.4 cm³/mol. The fraction of sp³-hybridized carbons (Fsp3) is 0.222. The number of nitrogen functional groups attached to an aromatic ring is 1. The molecule has 2 nitrogen and oxygen atoms in total. The zero-order valence-electron chi connectivity index (χ0n) is 7.84. The molecule has 0 radical (unpaired) electrons. The van der Waals surface area contributed by atoms with E-state index >= 15 is 0 Å². The maximum absolute atomic E-state index is 12.6. The van der Waals surface area contributed by atoms with E-state index in [9.17, 15) is 4.39 Å². The van der Waals surface area contributed by atoms with Gasteiger partial charge in [-0.3, -0.25) is 0 Å². The van der Waals surface area contributed by atoms with Crippen LogP contribution in [0, 0.1) is 17.0 Å². The molecule has 0 atom stereocenters. The first-order valence-electron chi connectivity index (χ1n) is 3.93. The second kappa shape index (κ2) is 7.88. The summed E-state index contributed by atoms with van der Waals surface area (Å²) in [5, 5.41) is 2.70. The second-order valence-electron chi connectivity index (χ2n) is 1.89. The monoisotopic (exact) mass is 324 g/mol. The Kier molecular flexibility index (Phi) is 7.61. The number of hydrogen-bond donors (Lipinski definition) is 1. The van der Waals surface area contributed by atoms with Gasteiger partial charge in [0.2, 0.25) is 0 Å². The van der Waals surface area contributed by atoms with Crippen LogP contribution >= 0.6 is 30.1 Å². The lowest BCUT2D eigenvalue weighted by atomic mass is 10.3. The third-order valence-electron chi connectivity index (χ3n) is 1.11. The Bertz CT molecular complexity index is 346. The Morgan fingerprint density at radius 2 is 2.21 bits per heavy atom. The Balaban J connectivity index is 0.000000791. The molecule has 0 unspecified atom stereocenters. The molecule has 1 heterocycles. The zero-order valence-corrected chi connectivity index (χ0v) is 10.8. The fourth-order valence-corrected chi connectivity index (χ4v) is 1.10. The van der Waals surface area contributed by atoms with Crippen LogP contribution in [0.1, 0.15) is 19.4 Å². The average molecular weight is 324 g/mol. The quantitative estimate of drug-likeness (QED) is 0.588. The van der Waals surface area contributed by atoms with Crippen molar-refractivity contribution < 1.29 is 4.39 Å². The number of anilines is 1. The van der Waals surface area contributed by atoms with Gasteiger partial charge in [0, 0.05) is 21.2 Å². The Morgan fingerprint density at radius 1 is 1.57 bits per heavy atom. The fourth-order valence-electron chi connectivity index (χ4n) is 0.624. The largest absolute Gasteiger partial charge is 0.383 e. The van der Waals surface area contributed by atoms with Crippen LogP contribution in [0.5, 0.6) is 0 Å². The molecule has 0 aromatic carbocycles. The van der Waals surface area contributed by atoms with Crippen molar-refractivity contribution in [1.29, 1.82) is 0 Å². The van der Waals surface area contributed by atoms with Crippen molar-refractivity contribution >= 4 is 36.0 Å². The van der Waals surface area contributed by atoms with E-state index in [2.05, 4.69) is 16.2 Å². The van der Waals surface area contributed by atoms with Crippen LogP contribution in [0.4, 0.5) is 10.2 Å². The summed E-state index contributed by atoms with van der Waals surface area (Å²) in [6.07, 6.45) is 1.07. The molecular formula is C9H10FIN2S. The zero-order chi connectivity index (χ0) is 11.0. The molecular weight excluding hydrogens is 314 g/mol. The first kappa shape index (κ1) is 13.5. The molecule has 0 fully saturated rings. The molecule has 0 saturated carbocycles. The first-order chi connectivity index (χ1) is 6.74. The van der Waals surface area contributed by atoms with Gasteiger partial charge in [-0.2, -0.15) is 0 Å². The van der Waals surface area contributed by atoms with E-state index in [1.807, 2.05) is 35.1 Å². The van der Waals surface area contributed by atoms with Crippen molar-refractivity contribution in [1.82, 2.24) is 4.98 Å². The van der Waals surface area contributed by atoms with E-state index in [-0.39, 0.29) is 5.82 Å². The molecule has 2 N–H and O–H groups in total. The molecule has 0 saturated heterocycles. The van der Waals surface area contributed by atoms with E-state index in [1.54, 1.807) is 0 Å². The summed E-state index contributed by atoms with van der Waals surface area (Å²) in [5.41, 5.74) is 5.87. The SMILES string of the molecule is CC.Nc1ncc(F)cc1C#CSI. The van der Waals surface area contributed by atoms with Gasteiger partial charge in [0.05, 0.1) is 11.8 Å². The van der Waals surface area contributed by atoms with Gasteiger partial charge in [-0.25, -0.2) is 9.37 Å². The normalized spacial score (nSPS) is 8.00. The van der Waals surface area contributed by atoms with Crippen molar-refractivity contribution in [3.05, 3.63) is 23.6 Å². The lowest BCUT2D eigenvalue weighted by molar-refractivity contribution is 0.621. The van der Waals surface area contributed by atoms with Gasteiger partial charge in [0.15, 0.2) is 0 Å². The van der Waals surface area contributed by atoms with Crippen LogP contribution in [0.3, 0.4) is 0 Å². The van der Waals surface area contributed by atoms with Crippen LogP contribution in [0.25, 0.3) is 0 Å². The van der Waals surface area contributed by atoms with E-state index in [1.165, 1.54) is 15.0 Å². The highest BCUT2D eigenvalue weighted by atomic mass is 127. The highest BCUT2D eigenvalue weighted by molar-refractivity contribution is 14.2. The van der Waals surface area contributed by atoms with Crippen molar-refractivity contribution in [2.75, 3.05) is 5.73 Å². The molecule has 76 valence electrons. The summed E-state index contributed by atoms with van der Waals surface area (Å²) in [6, 6.07) is 1.27. The van der Waals surface area contributed by atoms with E-state index in [0.717, 1.165) is 6.20 Å². The van der Waals surface area contributed by atoms with Gasteiger partial charge in [-0.1, -0.05) is 19.8 Å². The van der Waals surface area contributed by atoms with Crippen molar-refractivity contribution in [2.24, 2.45) is 0 Å². The number of rotatable bonds is 0. The smallest absolute Gasteiger partial charge is 0.142 e. The lowest BCUT2D eigenvalue weighted by Crippen LogP contribution is -1.94. The maximum atomic E-state index is 12.6. The van der Waals surface area contributed by atoms with Crippen LogP contribution in [-0.4, -0.2) is 4.98 Å². The number of nitrogens with two attached hydrogens (primary N) is 1. The summed E-state index contributed by atoms with van der Waals surface area (Å²) >= 11 is 2.02. The Hall–Kier alpha value is -0.480. The highest BCUT2D eigenvalue weighted by Crippen LogP contribution is 2.11. The summed E-state index contributed by atoms with van der Waals surface area (Å²) < 4.78 is 12.6. The Morgan fingerprint density at radius 3 is 2.79 bits per heavy atom. The third-order valence-corrected chi connectivity index (χ3v) is 1.95. The molecule has 0 bridgehead atoms. The summed E-state index contributed by atoms with van der Waals surface area (Å²) in [5.74, 6) is 2.52. The number of halogens is 2. The van der Waals surface area contributed by atoms with E-state index in [0.29, 0.717) is 5.56 Å². The van der Waals surface area contributed by atoms with E-state index < -0.39 is 5.82 Å². The standard InChI is InChI=1S/C7H4FIN2S.C2H6/c8-6-3-5(1-2-12-9)7(10)11-4-6;1-2/h3-4H,(H2,10,11);1-2H3. The molecule has 0 aliphatic rings. The molecule has 0 aliphatic carbocycles. The van der Waals surface area contributed by atoms with Gasteiger partial charge in [-0.15, -0.1) is 0 Å². The highest BCUT2D eigenvalue weighted by Gasteiger charge is 1.98. The van der Waals surface area contributed by atoms with Crippen molar-refractivity contribution in [3.63, 3.8) is 0 Å². The summed E-state index contributed by atoms with van der Waals surface area (Å²) in [4.78, 5) is 3.62. The minimum atomic E-state index is -0.424. The minimum Gasteiger partial charge on any atom is -0.383 e. The topological polar surface area (TPSA) is 38.9 Å². The van der Waals surface area contributed by atoms with Crippen molar-refractivity contribution in [3.8, 4) is 11.2 Å². The molecule has 14 heavy (non-hydrogen) atoms. The molecule has 1 aromatic heterocycles. The summed E-state index contributed by atoms with van der Waals surface area (Å²) in [7, 11) is 1.31. The molecule has 1 aromatic rings. The summed E-state index contributed by atoms with van der Waals surface area (Å²) in [6.45, 7) is 4.00. The third kappa shape index (κ3) is 4.67. The van der Waals surface area contributed by atoms with Gasteiger partial charge < -0.3 is 5.73 Å². The lowest BCUT2D eigenvalue weighted by Gasteiger charge is -1.94. The van der Waals surface area contributed by atoms with Gasteiger partial charge in [-0.05, 0) is 20.3 Å². The number of nitrogens with zero attached hydrogens (tertiary/aromatic N) is 1. The molecule has 1 rings (SSSR count). The number of pyridine rings is 1. The van der Waals surface area contributed by atoms with Gasteiger partial charge >= 0.3 is 0 Å². The molecule has 0 amide bonds. The number of hydrogen-bond acceptors (Lipinski definition) is 3. The molecule has 5 heteroatoms. The second-order valence-corrected chi connectivity index (χ2v) is 3.57. The van der Waals surface area contributed by atoms with Gasteiger partial charge in [0.1, 0.15) is 11.6 Å². The average Bonchev–Trinajstić information content (AvgIpc) is 2.22. The van der Waals surface area contributed by atoms with E-state index in [4.69, 9.17) is 5.73 Å². The predicted octanol–water partition coefficient (Wildman–Crippen LogP) is 3.22. The van der Waals surface area contributed by atoms with Crippen molar-refractivity contribution in [2.45, 2.75) is 13.8 Å². The first-order valence-corrected chi connectivity index (χ1v) is 7.29. The maximum Gasteiger partial charge on any atom is 0.142 e.